The third kappa shape index (κ3) is 3.65. The zero-order valence-electron chi connectivity index (χ0n) is 16.4. The second-order valence-corrected chi connectivity index (χ2v) is 7.43. The van der Waals surface area contributed by atoms with Gasteiger partial charge in [-0.2, -0.15) is 0 Å². The standard InChI is InChI=1S/C20H30N2O3/c1-13(2)17-18(25-7)21-20(5,14(3)4)19(23)22(17)12-15-8-10-16(24-6)11-9-15/h8-11,13-14,17H,12H2,1-7H3/t17-,20-/m0/s1. The average molecular weight is 346 g/mol. The molecule has 0 aromatic heterocycles. The van der Waals surface area contributed by atoms with E-state index in [2.05, 4.69) is 13.8 Å². The van der Waals surface area contributed by atoms with Gasteiger partial charge in [0, 0.05) is 6.54 Å². The molecule has 0 aliphatic carbocycles. The van der Waals surface area contributed by atoms with Crippen LogP contribution in [-0.2, 0) is 16.1 Å². The van der Waals surface area contributed by atoms with E-state index in [1.807, 2.05) is 49.9 Å². The second-order valence-electron chi connectivity index (χ2n) is 7.43. The van der Waals surface area contributed by atoms with E-state index in [0.29, 0.717) is 12.4 Å². The van der Waals surface area contributed by atoms with Crippen molar-refractivity contribution in [3.8, 4) is 5.75 Å². The number of nitrogens with zero attached hydrogens (tertiary/aromatic N) is 2. The van der Waals surface area contributed by atoms with Gasteiger partial charge >= 0.3 is 0 Å². The molecule has 1 heterocycles. The van der Waals surface area contributed by atoms with E-state index in [1.165, 1.54) is 0 Å². The number of carbonyl (C=O) groups is 1. The largest absolute Gasteiger partial charge is 0.497 e. The lowest BCUT2D eigenvalue weighted by Gasteiger charge is -2.45. The Labute approximate surface area is 151 Å². The Hall–Kier alpha value is -2.04. The highest BCUT2D eigenvalue weighted by Crippen LogP contribution is 2.33. The molecule has 1 aromatic carbocycles. The summed E-state index contributed by atoms with van der Waals surface area (Å²) >= 11 is 0. The van der Waals surface area contributed by atoms with E-state index in [-0.39, 0.29) is 23.8 Å². The summed E-state index contributed by atoms with van der Waals surface area (Å²) in [4.78, 5) is 20.0. The van der Waals surface area contributed by atoms with Gasteiger partial charge in [-0.15, -0.1) is 0 Å². The van der Waals surface area contributed by atoms with Crippen LogP contribution in [-0.4, -0.2) is 42.5 Å². The number of amides is 1. The van der Waals surface area contributed by atoms with Gasteiger partial charge in [0.05, 0.1) is 14.2 Å². The van der Waals surface area contributed by atoms with Crippen molar-refractivity contribution in [2.45, 2.75) is 52.7 Å². The van der Waals surface area contributed by atoms with Crippen molar-refractivity contribution in [2.24, 2.45) is 16.8 Å². The molecule has 5 nitrogen and oxygen atoms in total. The van der Waals surface area contributed by atoms with E-state index < -0.39 is 5.54 Å². The fourth-order valence-electron chi connectivity index (χ4n) is 3.18. The molecule has 0 fully saturated rings. The Morgan fingerprint density at radius 1 is 1.12 bits per heavy atom. The molecular formula is C20H30N2O3. The van der Waals surface area contributed by atoms with Crippen LogP contribution < -0.4 is 4.74 Å². The lowest BCUT2D eigenvalue weighted by molar-refractivity contribution is -0.142. The van der Waals surface area contributed by atoms with Gasteiger partial charge in [-0.25, -0.2) is 4.99 Å². The predicted molar refractivity (Wildman–Crippen MR) is 99.9 cm³/mol. The molecule has 138 valence electrons. The molecule has 0 spiro atoms. The summed E-state index contributed by atoms with van der Waals surface area (Å²) in [7, 11) is 3.28. The van der Waals surface area contributed by atoms with Crippen molar-refractivity contribution in [3.63, 3.8) is 0 Å². The van der Waals surface area contributed by atoms with Crippen LogP contribution in [0.15, 0.2) is 29.3 Å². The van der Waals surface area contributed by atoms with Crippen molar-refractivity contribution in [1.82, 2.24) is 4.90 Å². The monoisotopic (exact) mass is 346 g/mol. The number of benzene rings is 1. The maximum absolute atomic E-state index is 13.3. The zero-order chi connectivity index (χ0) is 18.8. The first-order valence-corrected chi connectivity index (χ1v) is 8.82. The fourth-order valence-corrected chi connectivity index (χ4v) is 3.18. The molecule has 0 unspecified atom stereocenters. The van der Waals surface area contributed by atoms with E-state index in [4.69, 9.17) is 14.5 Å². The number of carbonyl (C=O) groups excluding carboxylic acids is 1. The average Bonchev–Trinajstić information content (AvgIpc) is 2.58. The third-order valence-corrected chi connectivity index (χ3v) is 5.10. The predicted octanol–water partition coefficient (Wildman–Crippen LogP) is 3.52. The van der Waals surface area contributed by atoms with Crippen molar-refractivity contribution in [1.29, 1.82) is 0 Å². The second kappa shape index (κ2) is 7.46. The van der Waals surface area contributed by atoms with Crippen LogP contribution in [0.5, 0.6) is 5.75 Å². The van der Waals surface area contributed by atoms with Crippen molar-refractivity contribution >= 4 is 11.8 Å². The molecule has 1 aliphatic heterocycles. The van der Waals surface area contributed by atoms with Gasteiger partial charge in [-0.05, 0) is 36.5 Å². The number of hydrogen-bond acceptors (Lipinski definition) is 4. The van der Waals surface area contributed by atoms with E-state index >= 15 is 0 Å². The van der Waals surface area contributed by atoms with Crippen LogP contribution in [0.4, 0.5) is 0 Å². The molecule has 1 aliphatic rings. The number of rotatable bonds is 5. The molecule has 2 rings (SSSR count). The van der Waals surface area contributed by atoms with Crippen molar-refractivity contribution < 1.29 is 14.3 Å². The Kier molecular flexibility index (Phi) is 5.76. The Bertz CT molecular complexity index is 637. The summed E-state index contributed by atoms with van der Waals surface area (Å²) in [5.41, 5.74) is 0.256. The Morgan fingerprint density at radius 3 is 2.16 bits per heavy atom. The van der Waals surface area contributed by atoms with Crippen LogP contribution >= 0.6 is 0 Å². The van der Waals surface area contributed by atoms with Gasteiger partial charge in [-0.1, -0.05) is 39.8 Å². The number of aliphatic imine (C=N–C) groups is 1. The first-order valence-electron chi connectivity index (χ1n) is 8.82. The summed E-state index contributed by atoms with van der Waals surface area (Å²) in [6.45, 7) is 10.6. The summed E-state index contributed by atoms with van der Waals surface area (Å²) in [6, 6.07) is 7.66. The van der Waals surface area contributed by atoms with Gasteiger partial charge in [-0.3, -0.25) is 4.79 Å². The molecular weight excluding hydrogens is 316 g/mol. The SMILES string of the molecule is COC1=N[C@@](C)(C(C)C)C(=O)N(Cc2ccc(OC)cc2)[C@H]1C(C)C. The van der Waals surface area contributed by atoms with Crippen LogP contribution in [0.2, 0.25) is 0 Å². The zero-order valence-corrected chi connectivity index (χ0v) is 16.4. The smallest absolute Gasteiger partial charge is 0.251 e. The minimum Gasteiger partial charge on any atom is -0.497 e. The normalized spacial score (nSPS) is 23.9. The van der Waals surface area contributed by atoms with Gasteiger partial charge in [0.15, 0.2) is 0 Å². The van der Waals surface area contributed by atoms with E-state index in [9.17, 15) is 4.79 Å². The number of methoxy groups -OCH3 is 2. The fraction of sp³-hybridized carbons (Fsp3) is 0.600. The third-order valence-electron chi connectivity index (χ3n) is 5.10. The number of ether oxygens (including phenoxy) is 2. The summed E-state index contributed by atoms with van der Waals surface area (Å²) in [5.74, 6) is 1.78. The minimum absolute atomic E-state index is 0.0535. The molecule has 0 radical (unpaired) electrons. The minimum atomic E-state index is -0.802. The molecule has 0 saturated heterocycles. The highest BCUT2D eigenvalue weighted by Gasteiger charge is 2.48. The Morgan fingerprint density at radius 2 is 1.72 bits per heavy atom. The topological polar surface area (TPSA) is 51.1 Å². The first-order chi connectivity index (χ1) is 11.7. The maximum Gasteiger partial charge on any atom is 0.251 e. The molecule has 0 bridgehead atoms. The van der Waals surface area contributed by atoms with Crippen LogP contribution in [0.1, 0.15) is 40.2 Å². The molecule has 25 heavy (non-hydrogen) atoms. The summed E-state index contributed by atoms with van der Waals surface area (Å²) in [6.07, 6.45) is 0. The molecule has 1 aromatic rings. The maximum atomic E-state index is 13.3. The van der Waals surface area contributed by atoms with Gasteiger partial charge in [0.2, 0.25) is 5.90 Å². The van der Waals surface area contributed by atoms with Gasteiger partial charge in [0.25, 0.3) is 5.91 Å². The van der Waals surface area contributed by atoms with Crippen LogP contribution in [0.3, 0.4) is 0 Å². The molecule has 0 N–H and O–H groups in total. The number of hydrogen-bond donors (Lipinski definition) is 0. The summed E-state index contributed by atoms with van der Waals surface area (Å²) < 4.78 is 10.8. The lowest BCUT2D eigenvalue weighted by Crippen LogP contribution is -2.61. The highest BCUT2D eigenvalue weighted by atomic mass is 16.5. The van der Waals surface area contributed by atoms with Crippen LogP contribution in [0, 0.1) is 11.8 Å². The quantitative estimate of drug-likeness (QED) is 0.820. The lowest BCUT2D eigenvalue weighted by atomic mass is 9.83. The van der Waals surface area contributed by atoms with Crippen LogP contribution in [0.25, 0.3) is 0 Å². The summed E-state index contributed by atoms with van der Waals surface area (Å²) in [5, 5.41) is 0. The molecule has 2 atom stereocenters. The first kappa shape index (κ1) is 19.3. The van der Waals surface area contributed by atoms with E-state index in [0.717, 1.165) is 11.3 Å². The van der Waals surface area contributed by atoms with E-state index in [1.54, 1.807) is 14.2 Å². The van der Waals surface area contributed by atoms with Crippen molar-refractivity contribution in [3.05, 3.63) is 29.8 Å². The van der Waals surface area contributed by atoms with Gasteiger partial charge < -0.3 is 14.4 Å². The molecule has 1 amide bonds. The molecule has 5 heteroatoms. The van der Waals surface area contributed by atoms with Crippen molar-refractivity contribution in [2.75, 3.05) is 14.2 Å². The highest BCUT2D eigenvalue weighted by molar-refractivity contribution is 5.98. The Balaban J connectivity index is 2.43. The van der Waals surface area contributed by atoms with Gasteiger partial charge in [0.1, 0.15) is 17.3 Å². The molecule has 0 saturated carbocycles.